The molecular weight excluding hydrogens is 295 g/mol. The lowest BCUT2D eigenvalue weighted by Crippen LogP contribution is -2.38. The van der Waals surface area contributed by atoms with Crippen molar-refractivity contribution in [1.29, 1.82) is 0 Å². The van der Waals surface area contributed by atoms with Crippen LogP contribution >= 0.6 is 7.37 Å². The van der Waals surface area contributed by atoms with Gasteiger partial charge in [-0.25, -0.2) is 0 Å². The Morgan fingerprint density at radius 3 is 2.43 bits per heavy atom. The van der Waals surface area contributed by atoms with Gasteiger partial charge in [0.1, 0.15) is 5.76 Å². The molecule has 0 saturated carbocycles. The quantitative estimate of drug-likeness (QED) is 0.767. The topological polar surface area (TPSA) is 111 Å². The molecular formula is C14H14O6P-. The molecule has 7 heteroatoms. The minimum atomic E-state index is -4.48. The number of benzene rings is 1. The Kier molecular flexibility index (Phi) is 4.63. The summed E-state index contributed by atoms with van der Waals surface area (Å²) in [5.74, 6) is -3.26. The summed E-state index contributed by atoms with van der Waals surface area (Å²) in [6.07, 6.45) is 1.00. The first-order valence-electron chi connectivity index (χ1n) is 6.21. The number of furan rings is 1. The molecule has 2 N–H and O–H groups in total. The van der Waals surface area contributed by atoms with Crippen molar-refractivity contribution in [3.8, 4) is 0 Å². The number of hydrogen-bond acceptors (Lipinski definition) is 5. The SMILES string of the molecule is O=C([O-])[C@H](Cc1ccco1)P(=O)(O)[C@H](O)c1ccccc1. The van der Waals surface area contributed by atoms with Gasteiger partial charge in [0, 0.05) is 6.42 Å². The van der Waals surface area contributed by atoms with Crippen LogP contribution in [0.3, 0.4) is 0 Å². The second-order valence-electron chi connectivity index (χ2n) is 4.58. The van der Waals surface area contributed by atoms with Gasteiger partial charge in [-0.2, -0.15) is 0 Å². The largest absolute Gasteiger partial charge is 0.549 e. The van der Waals surface area contributed by atoms with Crippen LogP contribution in [0.4, 0.5) is 0 Å². The van der Waals surface area contributed by atoms with Crippen molar-refractivity contribution in [3.63, 3.8) is 0 Å². The van der Waals surface area contributed by atoms with Crippen molar-refractivity contribution in [1.82, 2.24) is 0 Å². The van der Waals surface area contributed by atoms with Gasteiger partial charge < -0.3 is 24.3 Å². The van der Waals surface area contributed by atoms with Gasteiger partial charge in [0.05, 0.1) is 17.9 Å². The Morgan fingerprint density at radius 2 is 1.90 bits per heavy atom. The van der Waals surface area contributed by atoms with Gasteiger partial charge in [-0.3, -0.25) is 4.57 Å². The third-order valence-electron chi connectivity index (χ3n) is 3.14. The smallest absolute Gasteiger partial charge is 0.241 e. The molecule has 1 aromatic carbocycles. The number of hydrogen-bond donors (Lipinski definition) is 2. The van der Waals surface area contributed by atoms with Crippen molar-refractivity contribution in [3.05, 3.63) is 60.1 Å². The molecule has 0 aliphatic rings. The zero-order valence-electron chi connectivity index (χ0n) is 11.0. The highest BCUT2D eigenvalue weighted by Gasteiger charge is 2.40. The summed E-state index contributed by atoms with van der Waals surface area (Å²) in [7, 11) is -4.48. The summed E-state index contributed by atoms with van der Waals surface area (Å²) in [6.45, 7) is 0. The Morgan fingerprint density at radius 1 is 1.24 bits per heavy atom. The van der Waals surface area contributed by atoms with Crippen LogP contribution in [0, 0.1) is 0 Å². The highest BCUT2D eigenvalue weighted by molar-refractivity contribution is 7.59. The molecule has 0 saturated heterocycles. The fourth-order valence-corrected chi connectivity index (χ4v) is 3.68. The molecule has 0 fully saturated rings. The van der Waals surface area contributed by atoms with Crippen molar-refractivity contribution >= 4 is 13.3 Å². The number of rotatable bonds is 6. The predicted octanol–water partition coefficient (Wildman–Crippen LogP) is 0.902. The van der Waals surface area contributed by atoms with Gasteiger partial charge in [-0.15, -0.1) is 0 Å². The molecule has 0 aliphatic heterocycles. The second-order valence-corrected chi connectivity index (χ2v) is 7.03. The van der Waals surface area contributed by atoms with E-state index in [0.29, 0.717) is 0 Å². The summed E-state index contributed by atoms with van der Waals surface area (Å²) in [6, 6.07) is 10.8. The number of aliphatic carboxylic acids is 1. The Labute approximate surface area is 121 Å². The minimum absolute atomic E-state index is 0.175. The molecule has 3 atom stereocenters. The number of carbonyl (C=O) groups excluding carboxylic acids is 1. The minimum Gasteiger partial charge on any atom is -0.549 e. The highest BCUT2D eigenvalue weighted by Crippen LogP contribution is 2.58. The van der Waals surface area contributed by atoms with Crippen molar-refractivity contribution < 1.29 is 28.9 Å². The molecule has 1 heterocycles. The zero-order chi connectivity index (χ0) is 15.5. The molecule has 6 nitrogen and oxygen atoms in total. The van der Waals surface area contributed by atoms with Crippen LogP contribution in [0.2, 0.25) is 0 Å². The molecule has 2 rings (SSSR count). The van der Waals surface area contributed by atoms with Crippen LogP contribution in [0.5, 0.6) is 0 Å². The average Bonchev–Trinajstić information content (AvgIpc) is 2.97. The molecule has 2 aromatic rings. The summed E-state index contributed by atoms with van der Waals surface area (Å²) < 4.78 is 17.4. The van der Waals surface area contributed by atoms with E-state index in [1.54, 1.807) is 18.2 Å². The summed E-state index contributed by atoms with van der Waals surface area (Å²) in [5.41, 5.74) is -1.58. The molecule has 0 amide bonds. The maximum atomic E-state index is 12.4. The zero-order valence-corrected chi connectivity index (χ0v) is 11.8. The van der Waals surface area contributed by atoms with E-state index in [1.807, 2.05) is 0 Å². The molecule has 1 unspecified atom stereocenters. The summed E-state index contributed by atoms with van der Waals surface area (Å²) in [5, 5.41) is 21.3. The Balaban J connectivity index is 2.29. The van der Waals surface area contributed by atoms with Crippen LogP contribution in [0.1, 0.15) is 17.2 Å². The van der Waals surface area contributed by atoms with Gasteiger partial charge in [0.2, 0.25) is 7.37 Å². The van der Waals surface area contributed by atoms with E-state index in [9.17, 15) is 24.5 Å². The summed E-state index contributed by atoms with van der Waals surface area (Å²) in [4.78, 5) is 21.3. The van der Waals surface area contributed by atoms with E-state index in [2.05, 4.69) is 0 Å². The normalized spacial score (nSPS) is 16.9. The molecule has 0 spiro atoms. The van der Waals surface area contributed by atoms with Gasteiger partial charge in [-0.1, -0.05) is 30.3 Å². The number of aliphatic hydroxyl groups is 1. The number of carboxylic acids is 1. The lowest BCUT2D eigenvalue weighted by molar-refractivity contribution is -0.305. The predicted molar refractivity (Wildman–Crippen MR) is 72.4 cm³/mol. The molecule has 0 radical (unpaired) electrons. The lowest BCUT2D eigenvalue weighted by Gasteiger charge is -2.27. The van der Waals surface area contributed by atoms with Crippen molar-refractivity contribution in [2.75, 3.05) is 0 Å². The van der Waals surface area contributed by atoms with Gasteiger partial charge in [0.15, 0.2) is 5.85 Å². The standard InChI is InChI=1S/C14H15O6P/c15-13(16)12(9-11-7-4-8-20-11)21(18,19)14(17)10-5-2-1-3-6-10/h1-8,12,14,17H,9H2,(H,15,16)(H,18,19)/p-1/t12-,14-/m0/s1. The third-order valence-corrected chi connectivity index (χ3v) is 5.43. The fourth-order valence-electron chi connectivity index (χ4n) is 1.99. The van der Waals surface area contributed by atoms with E-state index in [-0.39, 0.29) is 17.7 Å². The van der Waals surface area contributed by atoms with E-state index in [1.165, 1.54) is 30.5 Å². The Bertz CT molecular complexity index is 637. The third kappa shape index (κ3) is 3.42. The average molecular weight is 309 g/mol. The maximum absolute atomic E-state index is 12.4. The number of aliphatic hydroxyl groups excluding tert-OH is 1. The number of carboxylic acid groups (broad SMARTS) is 1. The molecule has 1 aromatic heterocycles. The van der Waals surface area contributed by atoms with Crippen LogP contribution in [0.25, 0.3) is 0 Å². The van der Waals surface area contributed by atoms with E-state index >= 15 is 0 Å². The van der Waals surface area contributed by atoms with E-state index in [0.717, 1.165) is 0 Å². The molecule has 0 aliphatic carbocycles. The first-order chi connectivity index (χ1) is 9.93. The van der Waals surface area contributed by atoms with Gasteiger partial charge in [0.25, 0.3) is 0 Å². The second kappa shape index (κ2) is 6.26. The van der Waals surface area contributed by atoms with Crippen molar-refractivity contribution in [2.24, 2.45) is 0 Å². The maximum Gasteiger partial charge on any atom is 0.241 e. The fraction of sp³-hybridized carbons (Fsp3) is 0.214. The lowest BCUT2D eigenvalue weighted by atomic mass is 10.2. The van der Waals surface area contributed by atoms with E-state index < -0.39 is 24.8 Å². The van der Waals surface area contributed by atoms with Gasteiger partial charge in [-0.05, 0) is 17.7 Å². The monoisotopic (exact) mass is 309 g/mol. The first kappa shape index (κ1) is 15.5. The number of carbonyl (C=O) groups is 1. The first-order valence-corrected chi connectivity index (χ1v) is 8.01. The van der Waals surface area contributed by atoms with Gasteiger partial charge >= 0.3 is 0 Å². The Hall–Kier alpha value is -1.88. The summed E-state index contributed by atoms with van der Waals surface area (Å²) >= 11 is 0. The van der Waals surface area contributed by atoms with Crippen molar-refractivity contribution in [2.45, 2.75) is 17.9 Å². The van der Waals surface area contributed by atoms with Crippen LogP contribution < -0.4 is 5.11 Å². The van der Waals surface area contributed by atoms with E-state index in [4.69, 9.17) is 4.42 Å². The molecule has 112 valence electrons. The van der Waals surface area contributed by atoms with Crippen LogP contribution in [-0.4, -0.2) is 21.6 Å². The van der Waals surface area contributed by atoms with Crippen LogP contribution in [0.15, 0.2) is 53.1 Å². The molecule has 21 heavy (non-hydrogen) atoms. The van der Waals surface area contributed by atoms with Crippen LogP contribution in [-0.2, 0) is 15.8 Å². The highest BCUT2D eigenvalue weighted by atomic mass is 31.2. The molecule has 0 bridgehead atoms.